The standard InChI is InChI=1S/C33H39N8O4/c1-6-40(7-2)22-14-16-26-28(18-22)44-29-19-23(41(8-3)9-4)15-17-27(29)30(26)24-12-10-11-13-25(24)31(42)45-32(43)33(5,20-36-38-34)21-37-39-35/h10-19,32,43H,6-9,20-21H2,1-5H3/q+1. The van der Waals surface area contributed by atoms with Crippen LogP contribution in [0.25, 0.3) is 54.3 Å². The van der Waals surface area contributed by atoms with E-state index in [-0.39, 0.29) is 18.7 Å². The van der Waals surface area contributed by atoms with Crippen LogP contribution in [-0.4, -0.2) is 56.6 Å². The maximum atomic E-state index is 13.7. The van der Waals surface area contributed by atoms with Gasteiger partial charge >= 0.3 is 5.97 Å². The third-order valence-electron chi connectivity index (χ3n) is 8.17. The predicted octanol–water partition coefficient (Wildman–Crippen LogP) is 6.96. The molecule has 1 N–H and O–H groups in total. The minimum Gasteiger partial charge on any atom is -0.456 e. The molecule has 1 heterocycles. The highest BCUT2D eigenvalue weighted by molar-refractivity contribution is 6.08. The molecule has 0 aromatic heterocycles. The third kappa shape index (κ3) is 6.89. The summed E-state index contributed by atoms with van der Waals surface area (Å²) in [5, 5.41) is 19.9. The molecule has 0 bridgehead atoms. The maximum Gasteiger partial charge on any atom is 0.341 e. The number of nitrogens with zero attached hydrogens (tertiary/aromatic N) is 8. The SMILES string of the molecule is CCN(CC)c1ccc2c(-c3ccccc3C(=O)OC(O)C(C)(CN=[N+]=[N-])CN=[N+]=[N-])c3ccc(=[N+](CC)CC)cc-3oc2c1. The van der Waals surface area contributed by atoms with Crippen molar-refractivity contribution in [3.63, 3.8) is 0 Å². The summed E-state index contributed by atoms with van der Waals surface area (Å²) in [5.41, 5.74) is 20.4. The quantitative estimate of drug-likeness (QED) is 0.0328. The second-order valence-electron chi connectivity index (χ2n) is 10.9. The lowest BCUT2D eigenvalue weighted by Gasteiger charge is -2.31. The fourth-order valence-corrected chi connectivity index (χ4v) is 5.51. The highest BCUT2D eigenvalue weighted by atomic mass is 16.6. The Morgan fingerprint density at radius 1 is 0.978 bits per heavy atom. The van der Waals surface area contributed by atoms with Crippen molar-refractivity contribution in [3.05, 3.63) is 92.5 Å². The summed E-state index contributed by atoms with van der Waals surface area (Å²) in [4.78, 5) is 21.4. The first-order valence-corrected chi connectivity index (χ1v) is 15.1. The van der Waals surface area contributed by atoms with E-state index in [9.17, 15) is 9.90 Å². The fourth-order valence-electron chi connectivity index (χ4n) is 5.51. The first kappa shape index (κ1) is 32.9. The number of azide groups is 2. The number of hydrogen-bond donors (Lipinski definition) is 1. The monoisotopic (exact) mass is 611 g/mol. The topological polar surface area (TPSA) is 163 Å². The van der Waals surface area contributed by atoms with Gasteiger partial charge in [0, 0.05) is 75.8 Å². The molecule has 0 fully saturated rings. The molecule has 1 atom stereocenters. The molecular weight excluding hydrogens is 572 g/mol. The van der Waals surface area contributed by atoms with E-state index in [4.69, 9.17) is 20.2 Å². The van der Waals surface area contributed by atoms with E-state index in [0.717, 1.165) is 53.7 Å². The Labute approximate surface area is 261 Å². The first-order valence-electron chi connectivity index (χ1n) is 15.1. The molecule has 0 saturated heterocycles. The highest BCUT2D eigenvalue weighted by Gasteiger charge is 2.36. The zero-order valence-corrected chi connectivity index (χ0v) is 26.3. The van der Waals surface area contributed by atoms with Crippen LogP contribution < -0.4 is 14.8 Å². The summed E-state index contributed by atoms with van der Waals surface area (Å²) in [6.45, 7) is 12.8. The lowest BCUT2D eigenvalue weighted by Crippen LogP contribution is -2.41. The van der Waals surface area contributed by atoms with Crippen LogP contribution in [0.2, 0.25) is 0 Å². The van der Waals surface area contributed by atoms with Gasteiger partial charge in [-0.25, -0.2) is 9.37 Å². The zero-order chi connectivity index (χ0) is 32.6. The van der Waals surface area contributed by atoms with Crippen LogP contribution in [-0.2, 0) is 4.74 Å². The van der Waals surface area contributed by atoms with Gasteiger partial charge < -0.3 is 19.2 Å². The van der Waals surface area contributed by atoms with Crippen molar-refractivity contribution >= 4 is 22.6 Å². The van der Waals surface area contributed by atoms with E-state index in [2.05, 4.69) is 57.2 Å². The molecule has 2 aromatic rings. The Morgan fingerprint density at radius 2 is 1.64 bits per heavy atom. The normalized spacial score (nSPS) is 12.9. The number of esters is 1. The number of hydrogen-bond acceptors (Lipinski definition) is 7. The average molecular weight is 612 g/mol. The second kappa shape index (κ2) is 14.6. The van der Waals surface area contributed by atoms with Crippen LogP contribution in [0.5, 0.6) is 0 Å². The summed E-state index contributed by atoms with van der Waals surface area (Å²) in [6, 6.07) is 19.2. The van der Waals surface area contributed by atoms with Crippen molar-refractivity contribution in [3.8, 4) is 22.5 Å². The van der Waals surface area contributed by atoms with Crippen molar-refractivity contribution < 1.29 is 19.1 Å². The molecular formula is C33H39N8O4+. The lowest BCUT2D eigenvalue weighted by atomic mass is 9.89. The van der Waals surface area contributed by atoms with Gasteiger partial charge in [-0.3, -0.25) is 0 Å². The third-order valence-corrected chi connectivity index (χ3v) is 8.17. The molecule has 12 heteroatoms. The second-order valence-corrected chi connectivity index (χ2v) is 10.9. The van der Waals surface area contributed by atoms with Gasteiger partial charge in [0.25, 0.3) is 0 Å². The van der Waals surface area contributed by atoms with Crippen LogP contribution in [0.1, 0.15) is 45.0 Å². The van der Waals surface area contributed by atoms with Crippen LogP contribution in [0.4, 0.5) is 5.69 Å². The molecule has 1 aliphatic heterocycles. The average Bonchev–Trinajstić information content (AvgIpc) is 3.06. The number of carbonyl (C=O) groups excluding carboxylic acids is 1. The summed E-state index contributed by atoms with van der Waals surface area (Å²) < 4.78 is 14.4. The highest BCUT2D eigenvalue weighted by Crippen LogP contribution is 2.42. The fraction of sp³-hybridized carbons (Fsp3) is 0.394. The van der Waals surface area contributed by atoms with Gasteiger partial charge in [-0.05, 0) is 68.6 Å². The van der Waals surface area contributed by atoms with Crippen molar-refractivity contribution in [1.29, 1.82) is 0 Å². The molecule has 1 aliphatic carbocycles. The summed E-state index contributed by atoms with van der Waals surface area (Å²) in [5.74, 6) is -0.120. The molecule has 1 unspecified atom stereocenters. The van der Waals surface area contributed by atoms with E-state index in [0.29, 0.717) is 16.9 Å². The molecule has 0 radical (unpaired) electrons. The number of rotatable bonds is 13. The van der Waals surface area contributed by atoms with Gasteiger partial charge in [-0.15, -0.1) is 0 Å². The van der Waals surface area contributed by atoms with Crippen molar-refractivity contribution in [2.24, 2.45) is 15.6 Å². The maximum absolute atomic E-state index is 13.7. The Bertz CT molecular complexity index is 1790. The van der Waals surface area contributed by atoms with Gasteiger partial charge in [-0.1, -0.05) is 35.4 Å². The van der Waals surface area contributed by atoms with Crippen molar-refractivity contribution in [2.75, 3.05) is 44.2 Å². The molecule has 4 rings (SSSR count). The Morgan fingerprint density at radius 3 is 2.27 bits per heavy atom. The molecule has 0 saturated carbocycles. The van der Waals surface area contributed by atoms with Gasteiger partial charge in [0.1, 0.15) is 24.4 Å². The van der Waals surface area contributed by atoms with Crippen LogP contribution in [0.3, 0.4) is 0 Å². The molecule has 0 spiro atoms. The summed E-state index contributed by atoms with van der Waals surface area (Å²) in [6.07, 6.45) is -1.72. The number of aliphatic hydroxyl groups excluding tert-OH is 1. The van der Waals surface area contributed by atoms with Gasteiger partial charge in [-0.2, -0.15) is 0 Å². The number of anilines is 1. The van der Waals surface area contributed by atoms with E-state index < -0.39 is 17.7 Å². The van der Waals surface area contributed by atoms with Crippen LogP contribution in [0.15, 0.2) is 75.3 Å². The molecule has 2 aromatic carbocycles. The van der Waals surface area contributed by atoms with Gasteiger partial charge in [0.15, 0.2) is 0 Å². The van der Waals surface area contributed by atoms with Crippen LogP contribution >= 0.6 is 0 Å². The van der Waals surface area contributed by atoms with Crippen molar-refractivity contribution in [2.45, 2.75) is 40.9 Å². The molecule has 12 nitrogen and oxygen atoms in total. The predicted molar refractivity (Wildman–Crippen MR) is 176 cm³/mol. The number of benzene rings is 3. The first-order chi connectivity index (χ1) is 21.7. The number of aliphatic hydroxyl groups is 1. The summed E-state index contributed by atoms with van der Waals surface area (Å²) >= 11 is 0. The number of fused-ring (bicyclic) bond motifs is 2. The van der Waals surface area contributed by atoms with E-state index in [1.807, 2.05) is 48.5 Å². The molecule has 234 valence electrons. The Kier molecular flexibility index (Phi) is 10.7. The van der Waals surface area contributed by atoms with Crippen molar-refractivity contribution in [1.82, 2.24) is 4.58 Å². The van der Waals surface area contributed by atoms with Gasteiger partial charge in [0.2, 0.25) is 11.6 Å². The smallest absolute Gasteiger partial charge is 0.341 e. The van der Waals surface area contributed by atoms with E-state index in [1.165, 1.54) is 6.92 Å². The van der Waals surface area contributed by atoms with Gasteiger partial charge in [0.05, 0.1) is 11.6 Å². The molecule has 0 amide bonds. The largest absolute Gasteiger partial charge is 0.456 e. The Hall–Kier alpha value is -5.02. The molecule has 45 heavy (non-hydrogen) atoms. The van der Waals surface area contributed by atoms with E-state index >= 15 is 0 Å². The summed E-state index contributed by atoms with van der Waals surface area (Å²) in [7, 11) is 0. The zero-order valence-electron chi connectivity index (χ0n) is 26.3. The molecule has 2 aliphatic rings. The number of ether oxygens (including phenoxy) is 1. The van der Waals surface area contributed by atoms with E-state index in [1.54, 1.807) is 12.1 Å². The lowest BCUT2D eigenvalue weighted by molar-refractivity contribution is -0.129. The van der Waals surface area contributed by atoms with Crippen LogP contribution in [0, 0.1) is 5.41 Å². The Balaban J connectivity index is 1.94. The minimum absolute atomic E-state index is 0.223. The number of carbonyl (C=O) groups is 1. The minimum atomic E-state index is -1.72.